The van der Waals surface area contributed by atoms with Crippen LogP contribution in [0.1, 0.15) is 13.3 Å². The second kappa shape index (κ2) is 7.27. The second-order valence-corrected chi connectivity index (χ2v) is 3.07. The molecule has 0 atom stereocenters. The smallest absolute Gasteiger partial charge is 0.466 e. The predicted octanol–water partition coefficient (Wildman–Crippen LogP) is 2.16. The van der Waals surface area contributed by atoms with Gasteiger partial charge in [0.25, 0.3) is 0 Å². The van der Waals surface area contributed by atoms with Crippen LogP contribution in [0.5, 0.6) is 5.75 Å². The van der Waals surface area contributed by atoms with Crippen molar-refractivity contribution in [3.63, 3.8) is 0 Å². The first-order valence-electron chi connectivity index (χ1n) is 5.27. The van der Waals surface area contributed by atoms with Crippen molar-refractivity contribution >= 4 is 12.1 Å². The van der Waals surface area contributed by atoms with Crippen molar-refractivity contribution in [3.8, 4) is 5.75 Å². The van der Waals surface area contributed by atoms with Gasteiger partial charge < -0.3 is 14.2 Å². The molecule has 17 heavy (non-hydrogen) atoms. The molecule has 92 valence electrons. The van der Waals surface area contributed by atoms with Crippen molar-refractivity contribution in [2.75, 3.05) is 13.2 Å². The fourth-order valence-electron chi connectivity index (χ4n) is 1.07. The lowest BCUT2D eigenvalue weighted by molar-refractivity contribution is -0.143. The molecule has 0 saturated carbocycles. The number of ether oxygens (including phenoxy) is 3. The Morgan fingerprint density at radius 1 is 1.12 bits per heavy atom. The number of carbonyl (C=O) groups is 2. The first-order chi connectivity index (χ1) is 8.22. The highest BCUT2D eigenvalue weighted by molar-refractivity contribution is 5.70. The van der Waals surface area contributed by atoms with Crippen LogP contribution in [0.4, 0.5) is 4.79 Å². The van der Waals surface area contributed by atoms with Gasteiger partial charge in [0.2, 0.25) is 0 Å². The quantitative estimate of drug-likeness (QED) is 0.581. The topological polar surface area (TPSA) is 61.8 Å². The lowest BCUT2D eigenvalue weighted by Gasteiger charge is -2.05. The van der Waals surface area contributed by atoms with Crippen LogP contribution < -0.4 is 4.74 Å². The van der Waals surface area contributed by atoms with Gasteiger partial charge in [-0.2, -0.15) is 0 Å². The zero-order valence-corrected chi connectivity index (χ0v) is 9.55. The number of hydrogen-bond donors (Lipinski definition) is 0. The number of hydrogen-bond acceptors (Lipinski definition) is 5. The van der Waals surface area contributed by atoms with Gasteiger partial charge in [-0.1, -0.05) is 18.2 Å². The standard InChI is InChI=1S/C12H14O5/c1-2-15-11(13)8-9-16-12(14)17-10-6-4-3-5-7-10/h3-7H,2,8-9H2,1H3. The summed E-state index contributed by atoms with van der Waals surface area (Å²) in [5.41, 5.74) is 0. The number of esters is 1. The van der Waals surface area contributed by atoms with Crippen LogP contribution in [-0.4, -0.2) is 25.3 Å². The summed E-state index contributed by atoms with van der Waals surface area (Å²) in [7, 11) is 0. The van der Waals surface area contributed by atoms with Crippen molar-refractivity contribution < 1.29 is 23.8 Å². The summed E-state index contributed by atoms with van der Waals surface area (Å²) in [6.45, 7) is 1.97. The van der Waals surface area contributed by atoms with E-state index in [-0.39, 0.29) is 13.0 Å². The number of para-hydroxylation sites is 1. The van der Waals surface area contributed by atoms with E-state index in [0.29, 0.717) is 12.4 Å². The van der Waals surface area contributed by atoms with Gasteiger partial charge in [-0.05, 0) is 19.1 Å². The average Bonchev–Trinajstić information content (AvgIpc) is 2.30. The molecule has 0 aliphatic heterocycles. The normalized spacial score (nSPS) is 9.47. The summed E-state index contributed by atoms with van der Waals surface area (Å²) in [6, 6.07) is 8.54. The van der Waals surface area contributed by atoms with Gasteiger partial charge in [-0.15, -0.1) is 0 Å². The minimum absolute atomic E-state index is 0.0255. The second-order valence-electron chi connectivity index (χ2n) is 3.07. The Hall–Kier alpha value is -2.04. The lowest BCUT2D eigenvalue weighted by atomic mass is 10.3. The highest BCUT2D eigenvalue weighted by Crippen LogP contribution is 2.09. The van der Waals surface area contributed by atoms with Crippen LogP contribution in [0, 0.1) is 0 Å². The summed E-state index contributed by atoms with van der Waals surface area (Å²) in [4.78, 5) is 22.1. The minimum atomic E-state index is -0.833. The van der Waals surface area contributed by atoms with E-state index in [9.17, 15) is 9.59 Å². The third-order valence-corrected chi connectivity index (χ3v) is 1.78. The Morgan fingerprint density at radius 2 is 1.82 bits per heavy atom. The molecule has 0 unspecified atom stereocenters. The molecule has 5 heteroatoms. The van der Waals surface area contributed by atoms with Crippen molar-refractivity contribution in [1.82, 2.24) is 0 Å². The predicted molar refractivity (Wildman–Crippen MR) is 59.7 cm³/mol. The zero-order valence-electron chi connectivity index (χ0n) is 9.55. The lowest BCUT2D eigenvalue weighted by Crippen LogP contribution is -2.14. The molecule has 0 bridgehead atoms. The van der Waals surface area contributed by atoms with Gasteiger partial charge >= 0.3 is 12.1 Å². The molecular weight excluding hydrogens is 224 g/mol. The highest BCUT2D eigenvalue weighted by Gasteiger charge is 2.07. The van der Waals surface area contributed by atoms with Gasteiger partial charge in [-0.3, -0.25) is 4.79 Å². The van der Waals surface area contributed by atoms with E-state index in [2.05, 4.69) is 4.74 Å². The van der Waals surface area contributed by atoms with Crippen molar-refractivity contribution in [1.29, 1.82) is 0 Å². The largest absolute Gasteiger partial charge is 0.513 e. The molecule has 0 spiro atoms. The Labute approximate surface area is 99.3 Å². The molecule has 0 aromatic heterocycles. The van der Waals surface area contributed by atoms with E-state index in [4.69, 9.17) is 9.47 Å². The summed E-state index contributed by atoms with van der Waals surface area (Å²) in [5, 5.41) is 0. The molecule has 0 N–H and O–H groups in total. The van der Waals surface area contributed by atoms with Crippen molar-refractivity contribution in [2.45, 2.75) is 13.3 Å². The highest BCUT2D eigenvalue weighted by atomic mass is 16.7. The van der Waals surface area contributed by atoms with E-state index in [0.717, 1.165) is 0 Å². The van der Waals surface area contributed by atoms with E-state index in [1.165, 1.54) is 0 Å². The molecule has 5 nitrogen and oxygen atoms in total. The Morgan fingerprint density at radius 3 is 2.47 bits per heavy atom. The molecule has 0 radical (unpaired) electrons. The summed E-state index contributed by atoms with van der Waals surface area (Å²) in [5.74, 6) is -0.00588. The SMILES string of the molecule is CCOC(=O)CCOC(=O)Oc1ccccc1. The molecule has 0 aliphatic carbocycles. The van der Waals surface area contributed by atoms with Crippen molar-refractivity contribution in [2.24, 2.45) is 0 Å². The van der Waals surface area contributed by atoms with Crippen LogP contribution in [0.3, 0.4) is 0 Å². The minimum Gasteiger partial charge on any atom is -0.466 e. The summed E-state index contributed by atoms with van der Waals surface area (Å²) >= 11 is 0. The van der Waals surface area contributed by atoms with Gasteiger partial charge in [0, 0.05) is 0 Å². The zero-order chi connectivity index (χ0) is 12.5. The average molecular weight is 238 g/mol. The molecule has 1 rings (SSSR count). The number of carbonyl (C=O) groups excluding carboxylic acids is 2. The molecule has 1 aromatic carbocycles. The Balaban J connectivity index is 2.20. The molecule has 1 aromatic rings. The third-order valence-electron chi connectivity index (χ3n) is 1.78. The monoisotopic (exact) mass is 238 g/mol. The van der Waals surface area contributed by atoms with Crippen LogP contribution in [0.15, 0.2) is 30.3 Å². The molecular formula is C12H14O5. The third kappa shape index (κ3) is 5.55. The van der Waals surface area contributed by atoms with E-state index in [1.54, 1.807) is 37.3 Å². The van der Waals surface area contributed by atoms with E-state index < -0.39 is 12.1 Å². The molecule has 0 aliphatic rings. The van der Waals surface area contributed by atoms with Crippen molar-refractivity contribution in [3.05, 3.63) is 30.3 Å². The van der Waals surface area contributed by atoms with Gasteiger partial charge in [0.15, 0.2) is 0 Å². The van der Waals surface area contributed by atoms with Crippen LogP contribution in [-0.2, 0) is 14.3 Å². The molecule has 0 fully saturated rings. The van der Waals surface area contributed by atoms with Gasteiger partial charge in [0.1, 0.15) is 12.4 Å². The maximum absolute atomic E-state index is 11.2. The fraction of sp³-hybridized carbons (Fsp3) is 0.333. The number of benzene rings is 1. The van der Waals surface area contributed by atoms with Crippen LogP contribution >= 0.6 is 0 Å². The van der Waals surface area contributed by atoms with E-state index >= 15 is 0 Å². The maximum Gasteiger partial charge on any atom is 0.513 e. The Bertz CT molecular complexity index is 360. The maximum atomic E-state index is 11.2. The van der Waals surface area contributed by atoms with Gasteiger partial charge in [-0.25, -0.2) is 4.79 Å². The summed E-state index contributed by atoms with van der Waals surface area (Å²) < 4.78 is 14.2. The Kier molecular flexibility index (Phi) is 5.57. The first-order valence-corrected chi connectivity index (χ1v) is 5.27. The first kappa shape index (κ1) is 13.0. The number of rotatable bonds is 5. The fourth-order valence-corrected chi connectivity index (χ4v) is 1.07. The van der Waals surface area contributed by atoms with E-state index in [1.807, 2.05) is 0 Å². The molecule has 0 saturated heterocycles. The molecule has 0 heterocycles. The molecule has 0 amide bonds. The summed E-state index contributed by atoms with van der Waals surface area (Å²) in [6.07, 6.45) is -0.807. The van der Waals surface area contributed by atoms with Gasteiger partial charge in [0.05, 0.1) is 13.0 Å². The van der Waals surface area contributed by atoms with Crippen LogP contribution in [0.2, 0.25) is 0 Å². The van der Waals surface area contributed by atoms with Crippen LogP contribution in [0.25, 0.3) is 0 Å².